The summed E-state index contributed by atoms with van der Waals surface area (Å²) in [7, 11) is 0. The van der Waals surface area contributed by atoms with E-state index in [4.69, 9.17) is 0 Å². The standard InChI is InChI=1S/C21H26N4O/c1-15-6-7-18(11-16(15)2)8-9-21(26)22-10-4-5-19-13-23-20-12-17(3)24-25(20)14-19/h6-7,11-14H,4-5,8-10H2,1-3H3,(H,22,26). The Morgan fingerprint density at radius 3 is 2.73 bits per heavy atom. The number of hydrogen-bond donors (Lipinski definition) is 1. The van der Waals surface area contributed by atoms with E-state index in [9.17, 15) is 4.79 Å². The first-order valence-corrected chi connectivity index (χ1v) is 9.15. The molecule has 0 atom stereocenters. The number of amides is 1. The summed E-state index contributed by atoms with van der Waals surface area (Å²) in [4.78, 5) is 16.4. The first-order valence-electron chi connectivity index (χ1n) is 9.15. The molecule has 0 bridgehead atoms. The van der Waals surface area contributed by atoms with Gasteiger partial charge in [-0.2, -0.15) is 5.10 Å². The Hall–Kier alpha value is -2.69. The highest BCUT2D eigenvalue weighted by atomic mass is 16.1. The molecule has 26 heavy (non-hydrogen) atoms. The number of aromatic nitrogens is 3. The van der Waals surface area contributed by atoms with E-state index in [1.165, 1.54) is 16.7 Å². The number of hydrogen-bond acceptors (Lipinski definition) is 3. The first kappa shape index (κ1) is 18.1. The molecule has 1 amide bonds. The van der Waals surface area contributed by atoms with Crippen molar-refractivity contribution in [1.29, 1.82) is 0 Å². The molecule has 2 heterocycles. The highest BCUT2D eigenvalue weighted by molar-refractivity contribution is 5.76. The van der Waals surface area contributed by atoms with Crippen molar-refractivity contribution in [3.05, 3.63) is 64.6 Å². The van der Waals surface area contributed by atoms with Crippen molar-refractivity contribution in [2.75, 3.05) is 6.54 Å². The second kappa shape index (κ2) is 8.13. The van der Waals surface area contributed by atoms with Gasteiger partial charge >= 0.3 is 0 Å². The van der Waals surface area contributed by atoms with Gasteiger partial charge in [-0.05, 0) is 62.3 Å². The Morgan fingerprint density at radius 1 is 1.08 bits per heavy atom. The van der Waals surface area contributed by atoms with E-state index in [1.54, 1.807) is 0 Å². The molecule has 0 aliphatic rings. The lowest BCUT2D eigenvalue weighted by Crippen LogP contribution is -2.25. The number of carbonyl (C=O) groups is 1. The third-order valence-corrected chi connectivity index (χ3v) is 4.67. The van der Waals surface area contributed by atoms with E-state index in [-0.39, 0.29) is 5.91 Å². The summed E-state index contributed by atoms with van der Waals surface area (Å²) >= 11 is 0. The molecule has 3 aromatic rings. The van der Waals surface area contributed by atoms with Gasteiger partial charge in [-0.1, -0.05) is 18.2 Å². The maximum Gasteiger partial charge on any atom is 0.220 e. The van der Waals surface area contributed by atoms with Crippen LogP contribution in [0.2, 0.25) is 0 Å². The minimum absolute atomic E-state index is 0.111. The Bertz CT molecular complexity index is 914. The van der Waals surface area contributed by atoms with Gasteiger partial charge < -0.3 is 5.32 Å². The van der Waals surface area contributed by atoms with Crippen molar-refractivity contribution in [3.8, 4) is 0 Å². The molecular formula is C21H26N4O. The fraction of sp³-hybridized carbons (Fsp3) is 0.381. The summed E-state index contributed by atoms with van der Waals surface area (Å²) in [5, 5.41) is 7.39. The van der Waals surface area contributed by atoms with Gasteiger partial charge in [0.1, 0.15) is 0 Å². The largest absolute Gasteiger partial charge is 0.356 e. The van der Waals surface area contributed by atoms with Crippen molar-refractivity contribution in [3.63, 3.8) is 0 Å². The molecule has 0 saturated carbocycles. The Balaban J connectivity index is 1.39. The number of rotatable bonds is 7. The van der Waals surface area contributed by atoms with Crippen LogP contribution in [0.1, 0.15) is 40.8 Å². The quantitative estimate of drug-likeness (QED) is 0.665. The van der Waals surface area contributed by atoms with E-state index in [0.29, 0.717) is 13.0 Å². The molecule has 1 aromatic carbocycles. The SMILES string of the molecule is Cc1cc2ncc(CCCNC(=O)CCc3ccc(C)c(C)c3)cn2n1. The zero-order chi connectivity index (χ0) is 18.5. The average molecular weight is 350 g/mol. The molecule has 0 saturated heterocycles. The van der Waals surface area contributed by atoms with E-state index in [2.05, 4.69) is 47.4 Å². The molecule has 0 aliphatic heterocycles. The molecule has 5 nitrogen and oxygen atoms in total. The number of carbonyl (C=O) groups excluding carboxylic acids is 1. The van der Waals surface area contributed by atoms with Crippen LogP contribution in [-0.2, 0) is 17.6 Å². The minimum Gasteiger partial charge on any atom is -0.356 e. The first-order chi connectivity index (χ1) is 12.5. The Morgan fingerprint density at radius 2 is 1.92 bits per heavy atom. The van der Waals surface area contributed by atoms with Gasteiger partial charge in [-0.25, -0.2) is 9.50 Å². The number of nitrogens with one attached hydrogen (secondary N) is 1. The van der Waals surface area contributed by atoms with Crippen LogP contribution in [0.15, 0.2) is 36.7 Å². The molecule has 1 N–H and O–H groups in total. The van der Waals surface area contributed by atoms with Crippen molar-refractivity contribution >= 4 is 11.6 Å². The smallest absolute Gasteiger partial charge is 0.220 e. The summed E-state index contributed by atoms with van der Waals surface area (Å²) in [6.07, 6.45) is 6.98. The number of nitrogens with zero attached hydrogens (tertiary/aromatic N) is 3. The lowest BCUT2D eigenvalue weighted by atomic mass is 10.0. The third kappa shape index (κ3) is 4.69. The number of benzene rings is 1. The van der Waals surface area contributed by atoms with Crippen LogP contribution in [0.5, 0.6) is 0 Å². The van der Waals surface area contributed by atoms with Crippen molar-refractivity contribution in [2.24, 2.45) is 0 Å². The number of fused-ring (bicyclic) bond motifs is 1. The molecule has 2 aromatic heterocycles. The molecular weight excluding hydrogens is 324 g/mol. The summed E-state index contributed by atoms with van der Waals surface area (Å²) in [5.74, 6) is 0.111. The molecule has 3 rings (SSSR count). The van der Waals surface area contributed by atoms with Crippen molar-refractivity contribution < 1.29 is 4.79 Å². The maximum atomic E-state index is 12.0. The van der Waals surface area contributed by atoms with Gasteiger partial charge in [0.15, 0.2) is 5.65 Å². The van der Waals surface area contributed by atoms with E-state index in [0.717, 1.165) is 36.2 Å². The van der Waals surface area contributed by atoms with Crippen LogP contribution in [0, 0.1) is 20.8 Å². The van der Waals surface area contributed by atoms with Gasteiger partial charge in [0.05, 0.1) is 5.69 Å². The van der Waals surface area contributed by atoms with Crippen LogP contribution >= 0.6 is 0 Å². The monoisotopic (exact) mass is 350 g/mol. The van der Waals surface area contributed by atoms with Crippen molar-refractivity contribution in [2.45, 2.75) is 46.5 Å². The highest BCUT2D eigenvalue weighted by Crippen LogP contribution is 2.11. The summed E-state index contributed by atoms with van der Waals surface area (Å²) in [5.41, 5.74) is 6.75. The molecule has 0 spiro atoms. The minimum atomic E-state index is 0.111. The average Bonchev–Trinajstić information content (AvgIpc) is 2.99. The second-order valence-corrected chi connectivity index (χ2v) is 6.92. The molecule has 0 aliphatic carbocycles. The van der Waals surface area contributed by atoms with Gasteiger partial charge in [0.25, 0.3) is 0 Å². The molecule has 136 valence electrons. The normalized spacial score (nSPS) is 11.0. The van der Waals surface area contributed by atoms with Crippen molar-refractivity contribution in [1.82, 2.24) is 19.9 Å². The predicted octanol–water partition coefficient (Wildman–Crippen LogP) is 3.34. The lowest BCUT2D eigenvalue weighted by molar-refractivity contribution is -0.121. The fourth-order valence-electron chi connectivity index (χ4n) is 2.99. The van der Waals surface area contributed by atoms with Gasteiger partial charge in [-0.15, -0.1) is 0 Å². The maximum absolute atomic E-state index is 12.0. The van der Waals surface area contributed by atoms with E-state index >= 15 is 0 Å². The fourth-order valence-corrected chi connectivity index (χ4v) is 2.99. The highest BCUT2D eigenvalue weighted by Gasteiger charge is 2.04. The summed E-state index contributed by atoms with van der Waals surface area (Å²) < 4.78 is 1.81. The van der Waals surface area contributed by atoms with Gasteiger partial charge in [0.2, 0.25) is 5.91 Å². The van der Waals surface area contributed by atoms with Crippen LogP contribution in [-0.4, -0.2) is 27.0 Å². The molecule has 0 radical (unpaired) electrons. The zero-order valence-corrected chi connectivity index (χ0v) is 15.7. The van der Waals surface area contributed by atoms with Crippen LogP contribution < -0.4 is 5.32 Å². The Kier molecular flexibility index (Phi) is 5.66. The predicted molar refractivity (Wildman–Crippen MR) is 103 cm³/mol. The lowest BCUT2D eigenvalue weighted by Gasteiger charge is -2.07. The van der Waals surface area contributed by atoms with Gasteiger partial charge in [0, 0.05) is 31.4 Å². The Labute approximate surface area is 154 Å². The summed E-state index contributed by atoms with van der Waals surface area (Å²) in [6.45, 7) is 6.85. The topological polar surface area (TPSA) is 59.3 Å². The number of aryl methyl sites for hydroxylation is 5. The molecule has 0 unspecified atom stereocenters. The van der Waals surface area contributed by atoms with E-state index in [1.807, 2.05) is 29.9 Å². The molecule has 0 fully saturated rings. The molecule has 5 heteroatoms. The van der Waals surface area contributed by atoms with Crippen LogP contribution in [0.25, 0.3) is 5.65 Å². The summed E-state index contributed by atoms with van der Waals surface area (Å²) in [6, 6.07) is 8.35. The third-order valence-electron chi connectivity index (χ3n) is 4.67. The van der Waals surface area contributed by atoms with E-state index < -0.39 is 0 Å². The van der Waals surface area contributed by atoms with Crippen LogP contribution in [0.3, 0.4) is 0 Å². The zero-order valence-electron chi connectivity index (χ0n) is 15.7. The van der Waals surface area contributed by atoms with Gasteiger partial charge in [-0.3, -0.25) is 4.79 Å². The van der Waals surface area contributed by atoms with Crippen LogP contribution in [0.4, 0.5) is 0 Å². The second-order valence-electron chi connectivity index (χ2n) is 6.92.